The minimum atomic E-state index is 0.143. The zero-order chi connectivity index (χ0) is 15.6. The number of rotatable bonds is 1. The number of nitrogens with zero attached hydrogens (tertiary/aromatic N) is 1. The molecule has 23 heavy (non-hydrogen) atoms. The topological polar surface area (TPSA) is 38.8 Å². The van der Waals surface area contributed by atoms with Crippen molar-refractivity contribution < 1.29 is 14.3 Å². The second kappa shape index (κ2) is 6.42. The molecule has 2 heterocycles. The number of amides is 1. The molecule has 0 bridgehead atoms. The standard InChI is InChI=1S/C19H25NO3/c21-19(20-9-8-14-4-1-2-5-16(14)13-20)15-6-7-17-18(12-15)23-11-3-10-22-17/h6-7,12,14,16H,1-5,8-11,13H2. The van der Waals surface area contributed by atoms with Crippen LogP contribution in [-0.4, -0.2) is 37.1 Å². The molecule has 0 aromatic heterocycles. The number of carbonyl (C=O) groups excluding carboxylic acids is 1. The van der Waals surface area contributed by atoms with Crippen LogP contribution < -0.4 is 9.47 Å². The third kappa shape index (κ3) is 3.04. The van der Waals surface area contributed by atoms with Gasteiger partial charge in [-0.05, 0) is 42.9 Å². The second-order valence-electron chi connectivity index (χ2n) is 7.06. The molecule has 1 aromatic rings. The SMILES string of the molecule is O=C(c1ccc2c(c1)OCCCO2)N1CCC2CCCCC2C1. The molecular formula is C19H25NO3. The number of likely N-dealkylation sites (tertiary alicyclic amines) is 1. The Morgan fingerprint density at radius 3 is 2.61 bits per heavy atom. The van der Waals surface area contributed by atoms with Gasteiger partial charge in [-0.15, -0.1) is 0 Å². The molecule has 1 saturated carbocycles. The fourth-order valence-corrected chi connectivity index (χ4v) is 4.26. The van der Waals surface area contributed by atoms with Gasteiger partial charge in [0.15, 0.2) is 11.5 Å². The van der Waals surface area contributed by atoms with Crippen LogP contribution in [0.3, 0.4) is 0 Å². The van der Waals surface area contributed by atoms with E-state index in [0.717, 1.165) is 36.7 Å². The molecule has 2 unspecified atom stereocenters. The molecule has 0 spiro atoms. The molecule has 4 heteroatoms. The molecule has 3 aliphatic rings. The molecule has 4 rings (SSSR count). The Balaban J connectivity index is 1.49. The molecule has 124 valence electrons. The highest BCUT2D eigenvalue weighted by Crippen LogP contribution is 2.37. The Morgan fingerprint density at radius 1 is 0.957 bits per heavy atom. The summed E-state index contributed by atoms with van der Waals surface area (Å²) in [6.07, 6.45) is 7.39. The molecular weight excluding hydrogens is 290 g/mol. The van der Waals surface area contributed by atoms with Crippen LogP contribution in [0.1, 0.15) is 48.9 Å². The molecule has 2 aliphatic heterocycles. The van der Waals surface area contributed by atoms with Gasteiger partial charge in [0.25, 0.3) is 5.91 Å². The molecule has 1 amide bonds. The Morgan fingerprint density at radius 2 is 1.74 bits per heavy atom. The molecule has 0 N–H and O–H groups in total. The maximum absolute atomic E-state index is 12.9. The van der Waals surface area contributed by atoms with E-state index in [-0.39, 0.29) is 5.91 Å². The lowest BCUT2D eigenvalue weighted by Crippen LogP contribution is -2.44. The molecule has 2 atom stereocenters. The van der Waals surface area contributed by atoms with Gasteiger partial charge in [0.1, 0.15) is 0 Å². The summed E-state index contributed by atoms with van der Waals surface area (Å²) in [7, 11) is 0. The van der Waals surface area contributed by atoms with E-state index in [1.165, 1.54) is 32.1 Å². The first-order valence-electron chi connectivity index (χ1n) is 9.00. The van der Waals surface area contributed by atoms with Crippen molar-refractivity contribution in [2.45, 2.75) is 38.5 Å². The third-order valence-corrected chi connectivity index (χ3v) is 5.57. The van der Waals surface area contributed by atoms with Crippen LogP contribution in [0, 0.1) is 11.8 Å². The van der Waals surface area contributed by atoms with E-state index >= 15 is 0 Å². The summed E-state index contributed by atoms with van der Waals surface area (Å²) in [6, 6.07) is 5.61. The summed E-state index contributed by atoms with van der Waals surface area (Å²) in [5.41, 5.74) is 0.725. The van der Waals surface area contributed by atoms with Crippen LogP contribution in [0.5, 0.6) is 11.5 Å². The first-order chi connectivity index (χ1) is 11.3. The van der Waals surface area contributed by atoms with Gasteiger partial charge in [-0.1, -0.05) is 19.3 Å². The zero-order valence-electron chi connectivity index (χ0n) is 13.6. The normalized spacial score (nSPS) is 27.0. The van der Waals surface area contributed by atoms with Crippen LogP contribution in [0.15, 0.2) is 18.2 Å². The van der Waals surface area contributed by atoms with Gasteiger partial charge in [-0.25, -0.2) is 0 Å². The van der Waals surface area contributed by atoms with Crippen molar-refractivity contribution in [3.63, 3.8) is 0 Å². The maximum Gasteiger partial charge on any atom is 0.254 e. The van der Waals surface area contributed by atoms with Gasteiger partial charge in [0, 0.05) is 25.1 Å². The lowest BCUT2D eigenvalue weighted by Gasteiger charge is -2.41. The van der Waals surface area contributed by atoms with Gasteiger partial charge < -0.3 is 14.4 Å². The number of carbonyl (C=O) groups is 1. The molecule has 1 saturated heterocycles. The molecule has 0 radical (unpaired) electrons. The predicted molar refractivity (Wildman–Crippen MR) is 88.0 cm³/mol. The van der Waals surface area contributed by atoms with Crippen molar-refractivity contribution in [2.75, 3.05) is 26.3 Å². The van der Waals surface area contributed by atoms with Gasteiger partial charge >= 0.3 is 0 Å². The number of hydrogen-bond acceptors (Lipinski definition) is 3. The van der Waals surface area contributed by atoms with E-state index in [4.69, 9.17) is 9.47 Å². The van der Waals surface area contributed by atoms with Crippen molar-refractivity contribution in [1.29, 1.82) is 0 Å². The summed E-state index contributed by atoms with van der Waals surface area (Å²) in [5, 5.41) is 0. The van der Waals surface area contributed by atoms with Crippen molar-refractivity contribution in [1.82, 2.24) is 4.90 Å². The van der Waals surface area contributed by atoms with E-state index < -0.39 is 0 Å². The predicted octanol–water partition coefficient (Wildman–Crippen LogP) is 3.50. The van der Waals surface area contributed by atoms with Gasteiger partial charge in [0.2, 0.25) is 0 Å². The first-order valence-corrected chi connectivity index (χ1v) is 9.00. The summed E-state index contributed by atoms with van der Waals surface area (Å²) in [6.45, 7) is 3.15. The Bertz CT molecular complexity index is 586. The highest BCUT2D eigenvalue weighted by atomic mass is 16.5. The summed E-state index contributed by atoms with van der Waals surface area (Å²) < 4.78 is 11.4. The lowest BCUT2D eigenvalue weighted by molar-refractivity contribution is 0.0520. The summed E-state index contributed by atoms with van der Waals surface area (Å²) >= 11 is 0. The van der Waals surface area contributed by atoms with Crippen LogP contribution in [0.2, 0.25) is 0 Å². The first kappa shape index (κ1) is 14.9. The Labute approximate surface area is 137 Å². The van der Waals surface area contributed by atoms with Crippen LogP contribution in [-0.2, 0) is 0 Å². The average molecular weight is 315 g/mol. The van der Waals surface area contributed by atoms with E-state index in [9.17, 15) is 4.79 Å². The average Bonchev–Trinajstić information content (AvgIpc) is 2.85. The number of benzene rings is 1. The van der Waals surface area contributed by atoms with Gasteiger partial charge in [0.05, 0.1) is 13.2 Å². The lowest BCUT2D eigenvalue weighted by atomic mass is 9.75. The molecule has 1 aromatic carbocycles. The van der Waals surface area contributed by atoms with Crippen molar-refractivity contribution in [3.8, 4) is 11.5 Å². The van der Waals surface area contributed by atoms with Gasteiger partial charge in [-0.2, -0.15) is 0 Å². The fourth-order valence-electron chi connectivity index (χ4n) is 4.26. The second-order valence-corrected chi connectivity index (χ2v) is 7.06. The van der Waals surface area contributed by atoms with E-state index in [1.54, 1.807) is 0 Å². The molecule has 4 nitrogen and oxygen atoms in total. The number of ether oxygens (including phenoxy) is 2. The van der Waals surface area contributed by atoms with E-state index in [2.05, 4.69) is 0 Å². The van der Waals surface area contributed by atoms with Crippen LogP contribution in [0.4, 0.5) is 0 Å². The fraction of sp³-hybridized carbons (Fsp3) is 0.632. The van der Waals surface area contributed by atoms with Crippen molar-refractivity contribution >= 4 is 5.91 Å². The number of hydrogen-bond donors (Lipinski definition) is 0. The molecule has 2 fully saturated rings. The minimum absolute atomic E-state index is 0.143. The monoisotopic (exact) mass is 315 g/mol. The van der Waals surface area contributed by atoms with Crippen LogP contribution >= 0.6 is 0 Å². The van der Waals surface area contributed by atoms with Crippen molar-refractivity contribution in [3.05, 3.63) is 23.8 Å². The maximum atomic E-state index is 12.9. The van der Waals surface area contributed by atoms with Crippen LogP contribution in [0.25, 0.3) is 0 Å². The largest absolute Gasteiger partial charge is 0.490 e. The number of piperidine rings is 1. The third-order valence-electron chi connectivity index (χ3n) is 5.57. The number of fused-ring (bicyclic) bond motifs is 2. The zero-order valence-corrected chi connectivity index (χ0v) is 13.6. The highest BCUT2D eigenvalue weighted by molar-refractivity contribution is 5.95. The summed E-state index contributed by atoms with van der Waals surface area (Å²) in [4.78, 5) is 14.9. The summed E-state index contributed by atoms with van der Waals surface area (Å²) in [5.74, 6) is 3.16. The van der Waals surface area contributed by atoms with Crippen molar-refractivity contribution in [2.24, 2.45) is 11.8 Å². The smallest absolute Gasteiger partial charge is 0.254 e. The quantitative estimate of drug-likeness (QED) is 0.796. The Hall–Kier alpha value is -1.71. The molecule has 1 aliphatic carbocycles. The van der Waals surface area contributed by atoms with E-state index in [1.807, 2.05) is 23.1 Å². The van der Waals surface area contributed by atoms with Gasteiger partial charge in [-0.3, -0.25) is 4.79 Å². The minimum Gasteiger partial charge on any atom is -0.490 e. The highest BCUT2D eigenvalue weighted by Gasteiger charge is 2.33. The van der Waals surface area contributed by atoms with E-state index in [0.29, 0.717) is 24.9 Å². The Kier molecular flexibility index (Phi) is 4.15.